The molecule has 0 aliphatic heterocycles. The van der Waals surface area contributed by atoms with Crippen molar-refractivity contribution in [1.29, 1.82) is 0 Å². The molecule has 0 atom stereocenters. The van der Waals surface area contributed by atoms with E-state index in [4.69, 9.17) is 11.6 Å². The molecule has 26 heavy (non-hydrogen) atoms. The lowest BCUT2D eigenvalue weighted by Gasteiger charge is -2.15. The number of nitrogens with one attached hydrogen (secondary N) is 2. The Balaban J connectivity index is 1.92. The molecule has 0 saturated heterocycles. The van der Waals surface area contributed by atoms with E-state index < -0.39 is 5.97 Å². The largest absolute Gasteiger partial charge is 0.478 e. The van der Waals surface area contributed by atoms with Gasteiger partial charge in [-0.05, 0) is 42.5 Å². The van der Waals surface area contributed by atoms with Gasteiger partial charge >= 0.3 is 5.97 Å². The molecule has 0 saturated carbocycles. The standard InChI is InChI=1S/C20H15ClN2O3/c21-14-10-11-17(23-19(24)13-6-2-1-3-7-13)18(12-14)22-16-9-5-4-8-15(16)20(25)26/h1-12,22H,(H,23,24)(H,25,26). The first-order valence-electron chi connectivity index (χ1n) is 7.80. The number of carbonyl (C=O) groups is 2. The molecule has 0 aliphatic rings. The van der Waals surface area contributed by atoms with Gasteiger partial charge in [-0.15, -0.1) is 0 Å². The minimum absolute atomic E-state index is 0.118. The van der Waals surface area contributed by atoms with Gasteiger partial charge in [0, 0.05) is 10.6 Å². The number of hydrogen-bond acceptors (Lipinski definition) is 3. The molecule has 0 unspecified atom stereocenters. The first kappa shape index (κ1) is 17.5. The molecule has 3 rings (SSSR count). The zero-order chi connectivity index (χ0) is 18.5. The first-order chi connectivity index (χ1) is 12.5. The van der Waals surface area contributed by atoms with E-state index in [1.165, 1.54) is 6.07 Å². The molecule has 0 aromatic heterocycles. The van der Waals surface area contributed by atoms with Crippen LogP contribution in [0.2, 0.25) is 5.02 Å². The second-order valence-electron chi connectivity index (χ2n) is 5.49. The Bertz CT molecular complexity index is 958. The van der Waals surface area contributed by atoms with Crippen LogP contribution in [0.15, 0.2) is 72.8 Å². The highest BCUT2D eigenvalue weighted by Crippen LogP contribution is 2.30. The van der Waals surface area contributed by atoms with Crippen LogP contribution >= 0.6 is 11.6 Å². The molecule has 3 aromatic carbocycles. The number of benzene rings is 3. The SMILES string of the molecule is O=C(Nc1ccc(Cl)cc1Nc1ccccc1C(=O)O)c1ccccc1. The van der Waals surface area contributed by atoms with Crippen LogP contribution in [-0.2, 0) is 0 Å². The lowest BCUT2D eigenvalue weighted by molar-refractivity contribution is 0.0697. The topological polar surface area (TPSA) is 78.4 Å². The number of carbonyl (C=O) groups excluding carboxylic acids is 1. The predicted octanol–water partition coefficient (Wildman–Crippen LogP) is 5.03. The second-order valence-corrected chi connectivity index (χ2v) is 5.92. The van der Waals surface area contributed by atoms with Crippen molar-refractivity contribution in [3.8, 4) is 0 Å². The molecule has 0 fully saturated rings. The van der Waals surface area contributed by atoms with Crippen molar-refractivity contribution in [2.24, 2.45) is 0 Å². The van der Waals surface area contributed by atoms with Gasteiger partial charge in [0.1, 0.15) is 0 Å². The molecular formula is C20H15ClN2O3. The van der Waals surface area contributed by atoms with Gasteiger partial charge in [-0.25, -0.2) is 4.79 Å². The summed E-state index contributed by atoms with van der Waals surface area (Å²) < 4.78 is 0. The molecule has 0 heterocycles. The predicted molar refractivity (Wildman–Crippen MR) is 103 cm³/mol. The Kier molecular flexibility index (Phi) is 5.20. The van der Waals surface area contributed by atoms with E-state index in [2.05, 4.69) is 10.6 Å². The molecular weight excluding hydrogens is 352 g/mol. The number of rotatable bonds is 5. The van der Waals surface area contributed by atoms with E-state index in [0.29, 0.717) is 27.6 Å². The molecule has 6 heteroatoms. The van der Waals surface area contributed by atoms with Crippen molar-refractivity contribution in [3.63, 3.8) is 0 Å². The molecule has 0 bridgehead atoms. The maximum absolute atomic E-state index is 12.4. The fourth-order valence-corrected chi connectivity index (χ4v) is 2.61. The molecule has 3 N–H and O–H groups in total. The lowest BCUT2D eigenvalue weighted by atomic mass is 10.1. The summed E-state index contributed by atoms with van der Waals surface area (Å²) in [6, 6.07) is 20.2. The average molecular weight is 367 g/mol. The smallest absolute Gasteiger partial charge is 0.337 e. The van der Waals surface area contributed by atoms with Crippen LogP contribution in [0.3, 0.4) is 0 Å². The van der Waals surface area contributed by atoms with Gasteiger partial charge in [-0.3, -0.25) is 4.79 Å². The zero-order valence-electron chi connectivity index (χ0n) is 13.6. The Morgan fingerprint density at radius 2 is 1.50 bits per heavy atom. The van der Waals surface area contributed by atoms with Crippen molar-refractivity contribution in [3.05, 3.63) is 88.9 Å². The summed E-state index contributed by atoms with van der Waals surface area (Å²) in [7, 11) is 0. The van der Waals surface area contributed by atoms with Gasteiger partial charge in [0.2, 0.25) is 0 Å². The number of halogens is 1. The van der Waals surface area contributed by atoms with E-state index in [9.17, 15) is 14.7 Å². The van der Waals surface area contributed by atoms with Crippen LogP contribution < -0.4 is 10.6 Å². The van der Waals surface area contributed by atoms with E-state index in [0.717, 1.165) is 0 Å². The monoisotopic (exact) mass is 366 g/mol. The van der Waals surface area contributed by atoms with Crippen LogP contribution in [0.1, 0.15) is 20.7 Å². The quantitative estimate of drug-likeness (QED) is 0.591. The fraction of sp³-hybridized carbons (Fsp3) is 0. The number of para-hydroxylation sites is 1. The Morgan fingerprint density at radius 3 is 2.23 bits per heavy atom. The van der Waals surface area contributed by atoms with Crippen LogP contribution in [0.4, 0.5) is 17.1 Å². The summed E-state index contributed by atoms with van der Waals surface area (Å²) in [6.45, 7) is 0. The molecule has 130 valence electrons. The Labute approximate surface area is 155 Å². The summed E-state index contributed by atoms with van der Waals surface area (Å²) in [6.07, 6.45) is 0. The molecule has 0 aliphatic carbocycles. The molecule has 5 nitrogen and oxygen atoms in total. The van der Waals surface area contributed by atoms with Crippen LogP contribution in [0, 0.1) is 0 Å². The van der Waals surface area contributed by atoms with Gasteiger partial charge in [-0.2, -0.15) is 0 Å². The van der Waals surface area contributed by atoms with Crippen LogP contribution in [0.5, 0.6) is 0 Å². The third kappa shape index (κ3) is 4.02. The van der Waals surface area contributed by atoms with Crippen LogP contribution in [0.25, 0.3) is 0 Å². The van der Waals surface area contributed by atoms with E-state index in [1.54, 1.807) is 60.7 Å². The molecule has 3 aromatic rings. The summed E-state index contributed by atoms with van der Waals surface area (Å²) in [5, 5.41) is 15.6. The van der Waals surface area contributed by atoms with Gasteiger partial charge in [-0.1, -0.05) is 41.9 Å². The highest BCUT2D eigenvalue weighted by atomic mass is 35.5. The third-order valence-corrected chi connectivity index (χ3v) is 3.93. The zero-order valence-corrected chi connectivity index (χ0v) is 14.3. The van der Waals surface area contributed by atoms with Crippen LogP contribution in [-0.4, -0.2) is 17.0 Å². The van der Waals surface area contributed by atoms with Crippen molar-refractivity contribution >= 4 is 40.5 Å². The van der Waals surface area contributed by atoms with E-state index in [1.807, 2.05) is 6.07 Å². The lowest BCUT2D eigenvalue weighted by Crippen LogP contribution is -2.13. The number of aromatic carboxylic acids is 1. The maximum Gasteiger partial charge on any atom is 0.337 e. The number of anilines is 3. The van der Waals surface area contributed by atoms with Crippen molar-refractivity contribution in [2.75, 3.05) is 10.6 Å². The maximum atomic E-state index is 12.4. The average Bonchev–Trinajstić information content (AvgIpc) is 2.65. The van der Waals surface area contributed by atoms with Crippen molar-refractivity contribution in [2.45, 2.75) is 0 Å². The highest BCUT2D eigenvalue weighted by molar-refractivity contribution is 6.31. The Hall–Kier alpha value is -3.31. The second kappa shape index (κ2) is 7.72. The number of carboxylic acids is 1. The minimum atomic E-state index is -1.05. The number of amides is 1. The van der Waals surface area contributed by atoms with Gasteiger partial charge in [0.25, 0.3) is 5.91 Å². The molecule has 0 radical (unpaired) electrons. The van der Waals surface area contributed by atoms with Gasteiger partial charge in [0.05, 0.1) is 22.6 Å². The van der Waals surface area contributed by atoms with Gasteiger partial charge in [0.15, 0.2) is 0 Å². The van der Waals surface area contributed by atoms with Crippen molar-refractivity contribution < 1.29 is 14.7 Å². The summed E-state index contributed by atoms with van der Waals surface area (Å²) >= 11 is 6.07. The summed E-state index contributed by atoms with van der Waals surface area (Å²) in [4.78, 5) is 23.8. The third-order valence-electron chi connectivity index (χ3n) is 3.69. The summed E-state index contributed by atoms with van der Waals surface area (Å²) in [5.74, 6) is -1.33. The highest BCUT2D eigenvalue weighted by Gasteiger charge is 2.13. The van der Waals surface area contributed by atoms with Gasteiger partial charge < -0.3 is 15.7 Å². The van der Waals surface area contributed by atoms with Crippen molar-refractivity contribution in [1.82, 2.24) is 0 Å². The normalized spacial score (nSPS) is 10.2. The molecule has 1 amide bonds. The van der Waals surface area contributed by atoms with E-state index in [-0.39, 0.29) is 11.5 Å². The first-order valence-corrected chi connectivity index (χ1v) is 8.17. The summed E-state index contributed by atoms with van der Waals surface area (Å²) in [5.41, 5.74) is 2.02. The van der Waals surface area contributed by atoms with E-state index >= 15 is 0 Å². The fourth-order valence-electron chi connectivity index (χ4n) is 2.44. The number of carboxylic acid groups (broad SMARTS) is 1. The minimum Gasteiger partial charge on any atom is -0.478 e. The number of hydrogen-bond donors (Lipinski definition) is 3. The Morgan fingerprint density at radius 1 is 0.808 bits per heavy atom. The molecule has 0 spiro atoms.